The van der Waals surface area contributed by atoms with Crippen molar-refractivity contribution in [1.29, 1.82) is 5.26 Å². The van der Waals surface area contributed by atoms with Crippen LogP contribution in [-0.4, -0.2) is 11.9 Å². The molecule has 0 aromatic heterocycles. The summed E-state index contributed by atoms with van der Waals surface area (Å²) in [6, 6.07) is 17.5. The fourth-order valence-electron chi connectivity index (χ4n) is 2.80. The molecular weight excluding hydrogens is 304 g/mol. The quantitative estimate of drug-likeness (QED) is 0.908. The lowest BCUT2D eigenvalue weighted by molar-refractivity contribution is 0.0935. The number of nitrogens with one attached hydrogen (secondary N) is 1. The number of carbonyl (C=O) groups excluding carboxylic acids is 1. The molecular formula is C19H18N2OS. The van der Waals surface area contributed by atoms with Gasteiger partial charge in [0.05, 0.1) is 17.2 Å². The van der Waals surface area contributed by atoms with Gasteiger partial charge in [-0.15, -0.1) is 0 Å². The highest BCUT2D eigenvalue weighted by atomic mass is 32.2. The van der Waals surface area contributed by atoms with E-state index in [1.54, 1.807) is 23.9 Å². The molecule has 1 amide bonds. The van der Waals surface area contributed by atoms with Crippen LogP contribution in [0.25, 0.3) is 0 Å². The molecule has 2 aromatic rings. The normalized spacial score (nSPS) is 14.4. The van der Waals surface area contributed by atoms with Crippen molar-refractivity contribution in [2.45, 2.75) is 41.5 Å². The molecule has 3 rings (SSSR count). The van der Waals surface area contributed by atoms with Gasteiger partial charge in [0, 0.05) is 15.8 Å². The molecule has 1 fully saturated rings. The first-order valence-corrected chi connectivity index (χ1v) is 8.66. The van der Waals surface area contributed by atoms with Crippen molar-refractivity contribution >= 4 is 17.7 Å². The molecule has 1 aliphatic rings. The summed E-state index contributed by atoms with van der Waals surface area (Å²) >= 11 is 1.55. The number of carbonyl (C=O) groups is 1. The lowest BCUT2D eigenvalue weighted by atomic mass is 10.2. The lowest BCUT2D eigenvalue weighted by Crippen LogP contribution is -2.32. The van der Waals surface area contributed by atoms with Gasteiger partial charge in [-0.05, 0) is 49.2 Å². The van der Waals surface area contributed by atoms with Gasteiger partial charge in [-0.3, -0.25) is 4.79 Å². The van der Waals surface area contributed by atoms with Crippen LogP contribution < -0.4 is 5.32 Å². The average Bonchev–Trinajstić information content (AvgIpc) is 3.09. The Morgan fingerprint density at radius 1 is 1.09 bits per heavy atom. The van der Waals surface area contributed by atoms with E-state index >= 15 is 0 Å². The van der Waals surface area contributed by atoms with E-state index in [-0.39, 0.29) is 5.91 Å². The first-order chi connectivity index (χ1) is 11.3. The molecule has 4 heteroatoms. The number of hydrogen-bond donors (Lipinski definition) is 1. The largest absolute Gasteiger partial charge is 0.349 e. The number of benzene rings is 2. The Morgan fingerprint density at radius 2 is 1.78 bits per heavy atom. The zero-order chi connectivity index (χ0) is 16.1. The summed E-state index contributed by atoms with van der Waals surface area (Å²) in [4.78, 5) is 14.5. The number of nitriles is 1. The molecule has 0 radical (unpaired) electrons. The monoisotopic (exact) mass is 322 g/mol. The molecule has 1 saturated carbocycles. The summed E-state index contributed by atoms with van der Waals surface area (Å²) in [6.45, 7) is 0. The van der Waals surface area contributed by atoms with Crippen molar-refractivity contribution in [3.05, 3.63) is 59.7 Å². The van der Waals surface area contributed by atoms with Crippen molar-refractivity contribution in [2.75, 3.05) is 0 Å². The highest BCUT2D eigenvalue weighted by Gasteiger charge is 2.19. The second-order valence-electron chi connectivity index (χ2n) is 5.69. The van der Waals surface area contributed by atoms with E-state index < -0.39 is 0 Å². The van der Waals surface area contributed by atoms with Gasteiger partial charge in [-0.1, -0.05) is 36.7 Å². The van der Waals surface area contributed by atoms with E-state index in [0.29, 0.717) is 17.2 Å². The van der Waals surface area contributed by atoms with Gasteiger partial charge < -0.3 is 5.32 Å². The van der Waals surface area contributed by atoms with Crippen molar-refractivity contribution < 1.29 is 4.79 Å². The Hall–Kier alpha value is -2.25. The first kappa shape index (κ1) is 15.6. The smallest absolute Gasteiger partial charge is 0.252 e. The topological polar surface area (TPSA) is 52.9 Å². The SMILES string of the molecule is N#Cc1ccc(Sc2ccccc2C(=O)NC2CCCC2)cc1. The van der Waals surface area contributed by atoms with Gasteiger partial charge in [-0.25, -0.2) is 0 Å². The van der Waals surface area contributed by atoms with Crippen LogP contribution in [0.5, 0.6) is 0 Å². The molecule has 0 aliphatic heterocycles. The molecule has 2 aromatic carbocycles. The van der Waals surface area contributed by atoms with E-state index in [2.05, 4.69) is 11.4 Å². The first-order valence-electron chi connectivity index (χ1n) is 7.84. The number of hydrogen-bond acceptors (Lipinski definition) is 3. The standard InChI is InChI=1S/C19H18N2OS/c20-13-14-9-11-16(12-10-14)23-18-8-4-3-7-17(18)19(22)21-15-5-1-2-6-15/h3-4,7-12,15H,1-2,5-6H2,(H,21,22). The van der Waals surface area contributed by atoms with Crippen LogP contribution in [-0.2, 0) is 0 Å². The van der Waals surface area contributed by atoms with E-state index in [1.807, 2.05) is 36.4 Å². The molecule has 0 spiro atoms. The Kier molecular flexibility index (Phi) is 4.99. The predicted molar refractivity (Wildman–Crippen MR) is 91.4 cm³/mol. The zero-order valence-corrected chi connectivity index (χ0v) is 13.6. The van der Waals surface area contributed by atoms with Gasteiger partial charge in [-0.2, -0.15) is 5.26 Å². The van der Waals surface area contributed by atoms with Crippen molar-refractivity contribution in [2.24, 2.45) is 0 Å². The highest BCUT2D eigenvalue weighted by Crippen LogP contribution is 2.31. The molecule has 0 heterocycles. The van der Waals surface area contributed by atoms with Gasteiger partial charge in [0.15, 0.2) is 0 Å². The Morgan fingerprint density at radius 3 is 2.48 bits per heavy atom. The van der Waals surface area contributed by atoms with E-state index in [1.165, 1.54) is 12.8 Å². The number of amides is 1. The molecule has 116 valence electrons. The fourth-order valence-corrected chi connectivity index (χ4v) is 3.74. The van der Waals surface area contributed by atoms with Crippen molar-refractivity contribution in [3.8, 4) is 6.07 Å². The van der Waals surface area contributed by atoms with Crippen molar-refractivity contribution in [3.63, 3.8) is 0 Å². The van der Waals surface area contributed by atoms with Crippen LogP contribution in [0.2, 0.25) is 0 Å². The molecule has 0 bridgehead atoms. The highest BCUT2D eigenvalue weighted by molar-refractivity contribution is 7.99. The van der Waals surface area contributed by atoms with Crippen LogP contribution in [0.3, 0.4) is 0 Å². The molecule has 3 nitrogen and oxygen atoms in total. The fraction of sp³-hybridized carbons (Fsp3) is 0.263. The summed E-state index contributed by atoms with van der Waals surface area (Å²) in [5, 5.41) is 12.0. The molecule has 0 unspecified atom stereocenters. The van der Waals surface area contributed by atoms with Gasteiger partial charge >= 0.3 is 0 Å². The minimum Gasteiger partial charge on any atom is -0.349 e. The minimum atomic E-state index is 0.00800. The lowest BCUT2D eigenvalue weighted by Gasteiger charge is -2.14. The third-order valence-electron chi connectivity index (χ3n) is 4.03. The molecule has 1 N–H and O–H groups in total. The molecule has 0 saturated heterocycles. The van der Waals surface area contributed by atoms with Gasteiger partial charge in [0.25, 0.3) is 5.91 Å². The summed E-state index contributed by atoms with van der Waals surface area (Å²) in [5.41, 5.74) is 1.36. The van der Waals surface area contributed by atoms with Crippen LogP contribution in [0.4, 0.5) is 0 Å². The summed E-state index contributed by atoms with van der Waals surface area (Å²) < 4.78 is 0. The third-order valence-corrected chi connectivity index (χ3v) is 5.12. The van der Waals surface area contributed by atoms with E-state index in [4.69, 9.17) is 5.26 Å². The third kappa shape index (κ3) is 3.94. The van der Waals surface area contributed by atoms with Crippen LogP contribution in [0.1, 0.15) is 41.6 Å². The molecule has 0 atom stereocenters. The predicted octanol–water partition coefficient (Wildman–Crippen LogP) is 4.38. The second-order valence-corrected chi connectivity index (χ2v) is 6.80. The molecule has 1 aliphatic carbocycles. The second kappa shape index (κ2) is 7.34. The maximum atomic E-state index is 12.5. The summed E-state index contributed by atoms with van der Waals surface area (Å²) in [7, 11) is 0. The number of rotatable bonds is 4. The van der Waals surface area contributed by atoms with Crippen LogP contribution >= 0.6 is 11.8 Å². The average molecular weight is 322 g/mol. The maximum Gasteiger partial charge on any atom is 0.252 e. The minimum absolute atomic E-state index is 0.00800. The maximum absolute atomic E-state index is 12.5. The summed E-state index contributed by atoms with van der Waals surface area (Å²) in [6.07, 6.45) is 4.56. The Bertz CT molecular complexity index is 728. The van der Waals surface area contributed by atoms with Gasteiger partial charge in [0.1, 0.15) is 0 Å². The zero-order valence-electron chi connectivity index (χ0n) is 12.8. The van der Waals surface area contributed by atoms with E-state index in [9.17, 15) is 4.79 Å². The molecule has 23 heavy (non-hydrogen) atoms. The van der Waals surface area contributed by atoms with Crippen molar-refractivity contribution in [1.82, 2.24) is 5.32 Å². The Labute approximate surface area is 140 Å². The Balaban J connectivity index is 1.76. The van der Waals surface area contributed by atoms with E-state index in [0.717, 1.165) is 22.6 Å². The summed E-state index contributed by atoms with van der Waals surface area (Å²) in [5.74, 6) is 0.00800. The number of nitrogens with zero attached hydrogens (tertiary/aromatic N) is 1. The van der Waals surface area contributed by atoms with Crippen LogP contribution in [0.15, 0.2) is 58.3 Å². The van der Waals surface area contributed by atoms with Crippen LogP contribution in [0, 0.1) is 11.3 Å². The van der Waals surface area contributed by atoms with Gasteiger partial charge in [0.2, 0.25) is 0 Å².